The molecular weight excluding hydrogens is 404 g/mol. The van der Waals surface area contributed by atoms with Gasteiger partial charge in [0.2, 0.25) is 5.78 Å². The lowest BCUT2D eigenvalue weighted by atomic mass is 10.0. The fourth-order valence-electron chi connectivity index (χ4n) is 3.13. The molecule has 2 aromatic heterocycles. The highest BCUT2D eigenvalue weighted by atomic mass is 32.1. The molecule has 4 aromatic rings. The molecule has 9 heteroatoms. The van der Waals surface area contributed by atoms with Crippen molar-refractivity contribution in [3.8, 4) is 11.3 Å². The average molecular weight is 420 g/mol. The van der Waals surface area contributed by atoms with Gasteiger partial charge in [-0.1, -0.05) is 53.0 Å². The van der Waals surface area contributed by atoms with Crippen molar-refractivity contribution in [3.63, 3.8) is 0 Å². The Morgan fingerprint density at radius 3 is 2.57 bits per heavy atom. The molecule has 0 saturated heterocycles. The van der Waals surface area contributed by atoms with Gasteiger partial charge in [0, 0.05) is 17.4 Å². The maximum atomic E-state index is 13.0. The average Bonchev–Trinajstić information content (AvgIpc) is 3.40. The Morgan fingerprint density at radius 1 is 1.07 bits per heavy atom. The number of ketones is 1. The summed E-state index contributed by atoms with van der Waals surface area (Å²) in [6, 6.07) is 15.3. The van der Waals surface area contributed by atoms with Crippen LogP contribution in [-0.4, -0.2) is 33.2 Å². The molecule has 0 saturated carbocycles. The van der Waals surface area contributed by atoms with Gasteiger partial charge in [0.15, 0.2) is 0 Å². The van der Waals surface area contributed by atoms with Crippen molar-refractivity contribution in [2.24, 2.45) is 5.73 Å². The lowest BCUT2D eigenvalue weighted by Gasteiger charge is -2.16. The molecule has 2 aromatic carbocycles. The fraction of sp³-hybridized carbons (Fsp3) is 0.0952. The molecule has 0 radical (unpaired) electrons. The van der Waals surface area contributed by atoms with Crippen LogP contribution >= 0.6 is 11.5 Å². The Morgan fingerprint density at radius 2 is 1.80 bits per heavy atom. The number of primary amides is 1. The number of carbonyl (C=O) groups excluding carboxylic acids is 3. The number of Topliss-reactive ketones (excluding diaryl/α,β-unsaturated/α-hetero) is 1. The Labute approximate surface area is 174 Å². The number of para-hydroxylation sites is 1. The number of furan rings is 1. The van der Waals surface area contributed by atoms with E-state index in [-0.39, 0.29) is 11.3 Å². The Kier molecular flexibility index (Phi) is 5.36. The first kappa shape index (κ1) is 19.5. The fourth-order valence-corrected chi connectivity index (χ4v) is 3.71. The summed E-state index contributed by atoms with van der Waals surface area (Å²) < 4.78 is 9.42. The van der Waals surface area contributed by atoms with Crippen LogP contribution in [0.15, 0.2) is 65.3 Å². The van der Waals surface area contributed by atoms with E-state index in [2.05, 4.69) is 14.9 Å². The van der Waals surface area contributed by atoms with Gasteiger partial charge in [-0.05, 0) is 23.2 Å². The lowest BCUT2D eigenvalue weighted by molar-refractivity contribution is -0.137. The minimum absolute atomic E-state index is 0.130. The van der Waals surface area contributed by atoms with Gasteiger partial charge < -0.3 is 15.5 Å². The molecule has 3 N–H and O–H groups in total. The van der Waals surface area contributed by atoms with E-state index in [0.717, 1.165) is 22.5 Å². The van der Waals surface area contributed by atoms with E-state index in [0.29, 0.717) is 16.8 Å². The van der Waals surface area contributed by atoms with E-state index in [4.69, 9.17) is 10.2 Å². The predicted octanol–water partition coefficient (Wildman–Crippen LogP) is 2.35. The van der Waals surface area contributed by atoms with Crippen molar-refractivity contribution in [3.05, 3.63) is 71.3 Å². The Hall–Kier alpha value is -3.85. The zero-order valence-corrected chi connectivity index (χ0v) is 16.4. The number of nitrogens with two attached hydrogens (primary N) is 1. The van der Waals surface area contributed by atoms with Gasteiger partial charge in [0.25, 0.3) is 11.8 Å². The van der Waals surface area contributed by atoms with Gasteiger partial charge in [-0.2, -0.15) is 0 Å². The molecule has 0 spiro atoms. The Bertz CT molecular complexity index is 1230. The second-order valence-corrected chi connectivity index (χ2v) is 7.29. The normalized spacial score (nSPS) is 11.9. The molecule has 1 unspecified atom stereocenters. The van der Waals surface area contributed by atoms with Gasteiger partial charge in [-0.25, -0.2) is 0 Å². The van der Waals surface area contributed by atoms with Gasteiger partial charge in [-0.3, -0.25) is 14.4 Å². The number of hydrogen-bond acceptors (Lipinski definition) is 7. The zero-order valence-electron chi connectivity index (χ0n) is 15.6. The first-order valence-corrected chi connectivity index (χ1v) is 9.79. The molecule has 8 nitrogen and oxygen atoms in total. The highest BCUT2D eigenvalue weighted by molar-refractivity contribution is 7.08. The van der Waals surface area contributed by atoms with Crippen LogP contribution in [0.25, 0.3) is 22.2 Å². The SMILES string of the molecule is NC(=O)C(=O)C(Cc1ccccc1)NC(=O)c1snnc1-c1coc2ccccc12. The number of benzene rings is 2. The van der Waals surface area contributed by atoms with Crippen LogP contribution in [0.4, 0.5) is 0 Å². The number of amides is 2. The van der Waals surface area contributed by atoms with Crippen molar-refractivity contribution in [2.75, 3.05) is 0 Å². The molecule has 0 aliphatic rings. The summed E-state index contributed by atoms with van der Waals surface area (Å²) in [5.74, 6) is -2.56. The number of fused-ring (bicyclic) bond motifs is 1. The second-order valence-electron chi connectivity index (χ2n) is 6.54. The monoisotopic (exact) mass is 420 g/mol. The summed E-state index contributed by atoms with van der Waals surface area (Å²) in [6.45, 7) is 0. The largest absolute Gasteiger partial charge is 0.464 e. The maximum Gasteiger partial charge on any atom is 0.287 e. The van der Waals surface area contributed by atoms with Crippen molar-refractivity contribution in [2.45, 2.75) is 12.5 Å². The van der Waals surface area contributed by atoms with Crippen LogP contribution in [0.3, 0.4) is 0 Å². The molecular formula is C21H16N4O4S. The molecule has 0 fully saturated rings. The minimum Gasteiger partial charge on any atom is -0.464 e. The van der Waals surface area contributed by atoms with Crippen LogP contribution in [0.1, 0.15) is 15.2 Å². The van der Waals surface area contributed by atoms with Crippen LogP contribution in [0.5, 0.6) is 0 Å². The van der Waals surface area contributed by atoms with Gasteiger partial charge in [0.05, 0.1) is 0 Å². The standard InChI is InChI=1S/C21H16N4O4S/c22-20(27)18(26)15(10-12-6-2-1-3-7-12)23-21(28)19-17(24-25-30-19)14-11-29-16-9-5-4-8-13(14)16/h1-9,11,15H,10H2,(H2,22,27)(H,23,28). The van der Waals surface area contributed by atoms with Crippen molar-refractivity contribution < 1.29 is 18.8 Å². The van der Waals surface area contributed by atoms with Gasteiger partial charge >= 0.3 is 0 Å². The molecule has 150 valence electrons. The first-order valence-electron chi connectivity index (χ1n) is 9.02. The van der Waals surface area contributed by atoms with E-state index in [1.165, 1.54) is 6.26 Å². The predicted molar refractivity (Wildman–Crippen MR) is 111 cm³/mol. The van der Waals surface area contributed by atoms with Crippen LogP contribution in [-0.2, 0) is 16.0 Å². The van der Waals surface area contributed by atoms with Crippen LogP contribution in [0.2, 0.25) is 0 Å². The van der Waals surface area contributed by atoms with E-state index in [9.17, 15) is 14.4 Å². The molecule has 0 bridgehead atoms. The summed E-state index contributed by atoms with van der Waals surface area (Å²) in [4.78, 5) is 37.0. The molecule has 30 heavy (non-hydrogen) atoms. The number of aromatic nitrogens is 2. The quantitative estimate of drug-likeness (QED) is 0.442. The summed E-state index contributed by atoms with van der Waals surface area (Å²) in [5.41, 5.74) is 7.57. The number of nitrogens with one attached hydrogen (secondary N) is 1. The highest BCUT2D eigenvalue weighted by Crippen LogP contribution is 2.32. The van der Waals surface area contributed by atoms with Crippen molar-refractivity contribution in [1.29, 1.82) is 0 Å². The molecule has 2 amide bonds. The highest BCUT2D eigenvalue weighted by Gasteiger charge is 2.28. The van der Waals surface area contributed by atoms with Crippen molar-refractivity contribution in [1.82, 2.24) is 14.9 Å². The van der Waals surface area contributed by atoms with E-state index >= 15 is 0 Å². The summed E-state index contributed by atoms with van der Waals surface area (Å²) >= 11 is 0.891. The molecule has 1 atom stereocenters. The number of hydrogen-bond donors (Lipinski definition) is 2. The van der Waals surface area contributed by atoms with Crippen LogP contribution in [0, 0.1) is 0 Å². The maximum absolute atomic E-state index is 13.0. The smallest absolute Gasteiger partial charge is 0.287 e. The summed E-state index contributed by atoms with van der Waals surface area (Å²) in [7, 11) is 0. The Balaban J connectivity index is 1.63. The summed E-state index contributed by atoms with van der Waals surface area (Å²) in [5, 5.41) is 7.47. The van der Waals surface area contributed by atoms with Gasteiger partial charge in [0.1, 0.15) is 28.5 Å². The third-order valence-corrected chi connectivity index (χ3v) is 5.30. The second kappa shape index (κ2) is 8.26. The third-order valence-electron chi connectivity index (χ3n) is 4.58. The van der Waals surface area contributed by atoms with E-state index in [1.807, 2.05) is 24.3 Å². The molecule has 4 rings (SSSR count). The first-order chi connectivity index (χ1) is 14.5. The molecule has 0 aliphatic heterocycles. The number of nitrogens with zero attached hydrogens (tertiary/aromatic N) is 2. The number of rotatable bonds is 7. The summed E-state index contributed by atoms with van der Waals surface area (Å²) in [6.07, 6.45) is 1.64. The number of carbonyl (C=O) groups is 3. The third kappa shape index (κ3) is 3.83. The van der Waals surface area contributed by atoms with Crippen LogP contribution < -0.4 is 11.1 Å². The zero-order chi connectivity index (χ0) is 21.1. The topological polar surface area (TPSA) is 128 Å². The van der Waals surface area contributed by atoms with Crippen molar-refractivity contribution >= 4 is 40.1 Å². The minimum atomic E-state index is -1.11. The van der Waals surface area contributed by atoms with E-state index in [1.54, 1.807) is 30.3 Å². The van der Waals surface area contributed by atoms with Gasteiger partial charge in [-0.15, -0.1) is 5.10 Å². The molecule has 2 heterocycles. The van der Waals surface area contributed by atoms with E-state index < -0.39 is 23.6 Å². The lowest BCUT2D eigenvalue weighted by Crippen LogP contribution is -2.47. The molecule has 0 aliphatic carbocycles.